The summed E-state index contributed by atoms with van der Waals surface area (Å²) in [4.78, 5) is 0. The van der Waals surface area contributed by atoms with E-state index in [1.807, 2.05) is 6.92 Å². The Hall–Kier alpha value is 0.372. The number of hydrogen-bond acceptors (Lipinski definition) is 4. The first-order valence-electron chi connectivity index (χ1n) is 6.25. The Morgan fingerprint density at radius 1 is 1.00 bits per heavy atom. The highest BCUT2D eigenvalue weighted by atomic mass is 27.2. The zero-order chi connectivity index (χ0) is 13.3. The van der Waals surface area contributed by atoms with Gasteiger partial charge >= 0.3 is 14.5 Å². The predicted molar refractivity (Wildman–Crippen MR) is 70.7 cm³/mol. The standard InChI is InChI=1S/C10H21O4.2CH3.Al/c1-8(13-3)7-10(14-4)9(11)5-6-12-2;;;/h8-10H,5-7H2,1-4H3;2*1H3;/q-1;;;+1. The van der Waals surface area contributed by atoms with Crippen LogP contribution in [0.3, 0.4) is 0 Å². The molecule has 0 spiro atoms. The van der Waals surface area contributed by atoms with E-state index in [0.717, 1.165) is 12.8 Å². The molecule has 0 radical (unpaired) electrons. The topological polar surface area (TPSA) is 36.9 Å². The van der Waals surface area contributed by atoms with Crippen LogP contribution in [-0.2, 0) is 18.0 Å². The Bertz CT molecular complexity index is 178. The molecule has 0 heterocycles. The van der Waals surface area contributed by atoms with E-state index in [1.54, 1.807) is 21.3 Å². The first kappa shape index (κ1) is 17.4. The molecular formula is C12H27AlO4. The highest BCUT2D eigenvalue weighted by Gasteiger charge is 2.25. The monoisotopic (exact) mass is 262 g/mol. The molecule has 0 rings (SSSR count). The second-order valence-electron chi connectivity index (χ2n) is 4.56. The largest absolute Gasteiger partial charge is 0.496 e. The van der Waals surface area contributed by atoms with E-state index in [0.29, 0.717) is 6.61 Å². The molecule has 17 heavy (non-hydrogen) atoms. The smallest absolute Gasteiger partial charge is 0.454 e. The number of ether oxygens (including phenoxy) is 3. The molecule has 5 heteroatoms. The molecule has 0 aromatic rings. The van der Waals surface area contributed by atoms with Crippen LogP contribution >= 0.6 is 0 Å². The van der Waals surface area contributed by atoms with E-state index in [1.165, 1.54) is 0 Å². The van der Waals surface area contributed by atoms with E-state index >= 15 is 0 Å². The van der Waals surface area contributed by atoms with Gasteiger partial charge in [0.2, 0.25) is 0 Å². The van der Waals surface area contributed by atoms with Crippen LogP contribution in [0.15, 0.2) is 0 Å². The molecule has 0 N–H and O–H groups in total. The predicted octanol–water partition coefficient (Wildman–Crippen LogP) is 2.10. The van der Waals surface area contributed by atoms with Crippen LogP contribution in [-0.4, -0.2) is 60.7 Å². The van der Waals surface area contributed by atoms with Gasteiger partial charge in [0, 0.05) is 34.4 Å². The molecule has 3 unspecified atom stereocenters. The van der Waals surface area contributed by atoms with Gasteiger partial charge in [-0.25, -0.2) is 0 Å². The summed E-state index contributed by atoms with van der Waals surface area (Å²) >= 11 is -1.07. The van der Waals surface area contributed by atoms with Gasteiger partial charge in [0.05, 0.1) is 18.3 Å². The van der Waals surface area contributed by atoms with Crippen molar-refractivity contribution < 1.29 is 18.0 Å². The van der Waals surface area contributed by atoms with Crippen LogP contribution in [0, 0.1) is 0 Å². The Morgan fingerprint density at radius 3 is 2.06 bits per heavy atom. The van der Waals surface area contributed by atoms with Gasteiger partial charge in [0.15, 0.2) is 0 Å². The number of methoxy groups -OCH3 is 3. The number of rotatable bonds is 10. The lowest BCUT2D eigenvalue weighted by molar-refractivity contribution is -0.0416. The summed E-state index contributed by atoms with van der Waals surface area (Å²) in [6.07, 6.45) is 2.10. The van der Waals surface area contributed by atoms with Crippen molar-refractivity contribution in [3.63, 3.8) is 0 Å². The average Bonchev–Trinajstić information content (AvgIpc) is 2.30. The maximum Gasteiger partial charge on any atom is 0.454 e. The zero-order valence-electron chi connectivity index (χ0n) is 12.1. The van der Waals surface area contributed by atoms with Gasteiger partial charge < -0.3 is 18.0 Å². The molecule has 0 amide bonds. The Morgan fingerprint density at radius 2 is 1.65 bits per heavy atom. The number of hydrogen-bond donors (Lipinski definition) is 0. The molecule has 0 aliphatic carbocycles. The summed E-state index contributed by atoms with van der Waals surface area (Å²) < 4.78 is 22.0. The van der Waals surface area contributed by atoms with Crippen molar-refractivity contribution in [2.45, 2.75) is 49.6 Å². The van der Waals surface area contributed by atoms with Gasteiger partial charge in [-0.2, -0.15) is 0 Å². The molecule has 0 bridgehead atoms. The minimum absolute atomic E-state index is 0.0787. The fourth-order valence-electron chi connectivity index (χ4n) is 1.75. The van der Waals surface area contributed by atoms with Crippen LogP contribution in [0.4, 0.5) is 0 Å². The Labute approximate surface area is 110 Å². The van der Waals surface area contributed by atoms with E-state index in [-0.39, 0.29) is 18.3 Å². The Kier molecular flexibility index (Phi) is 10.5. The van der Waals surface area contributed by atoms with Gasteiger partial charge in [-0.15, -0.1) is 0 Å². The third-order valence-corrected chi connectivity index (χ3v) is 3.63. The SMILES string of the molecule is COCCC([O][Al]([CH3])[CH3])C(CC(C)OC)OC. The molecule has 0 saturated heterocycles. The fraction of sp³-hybridized carbons (Fsp3) is 1.00. The fourth-order valence-corrected chi connectivity index (χ4v) is 2.76. The summed E-state index contributed by atoms with van der Waals surface area (Å²) in [6.45, 7) is 2.75. The van der Waals surface area contributed by atoms with Crippen molar-refractivity contribution in [2.24, 2.45) is 0 Å². The second-order valence-corrected chi connectivity index (χ2v) is 6.93. The summed E-state index contributed by atoms with van der Waals surface area (Å²) in [5, 5.41) is 0. The molecular weight excluding hydrogens is 235 g/mol. The Balaban J connectivity index is 4.36. The highest BCUT2D eigenvalue weighted by Crippen LogP contribution is 2.16. The van der Waals surface area contributed by atoms with Crippen LogP contribution < -0.4 is 0 Å². The molecule has 0 aliphatic heterocycles. The molecule has 4 nitrogen and oxygen atoms in total. The molecule has 102 valence electrons. The van der Waals surface area contributed by atoms with Crippen molar-refractivity contribution in [3.8, 4) is 0 Å². The summed E-state index contributed by atoms with van der Waals surface area (Å²) in [7, 11) is 5.17. The average molecular weight is 262 g/mol. The molecule has 0 aromatic carbocycles. The van der Waals surface area contributed by atoms with Crippen LogP contribution in [0.2, 0.25) is 11.6 Å². The summed E-state index contributed by atoms with van der Waals surface area (Å²) in [5.41, 5.74) is 0. The van der Waals surface area contributed by atoms with Crippen LogP contribution in [0.25, 0.3) is 0 Å². The van der Waals surface area contributed by atoms with Crippen molar-refractivity contribution >= 4 is 14.5 Å². The first-order chi connectivity index (χ1) is 8.04. The maximum absolute atomic E-state index is 6.03. The van der Waals surface area contributed by atoms with Gasteiger partial charge in [0.25, 0.3) is 0 Å². The first-order valence-corrected chi connectivity index (χ1v) is 9.03. The van der Waals surface area contributed by atoms with Crippen LogP contribution in [0.1, 0.15) is 19.8 Å². The van der Waals surface area contributed by atoms with E-state index in [4.69, 9.17) is 18.0 Å². The van der Waals surface area contributed by atoms with E-state index in [9.17, 15) is 0 Å². The lowest BCUT2D eigenvalue weighted by Gasteiger charge is -2.29. The molecule has 0 aromatic heterocycles. The van der Waals surface area contributed by atoms with Crippen molar-refractivity contribution in [1.29, 1.82) is 0 Å². The zero-order valence-corrected chi connectivity index (χ0v) is 13.2. The van der Waals surface area contributed by atoms with E-state index in [2.05, 4.69) is 11.6 Å². The maximum atomic E-state index is 6.03. The molecule has 0 saturated carbocycles. The minimum atomic E-state index is -1.07. The van der Waals surface area contributed by atoms with Gasteiger partial charge in [0.1, 0.15) is 0 Å². The molecule has 3 atom stereocenters. The third kappa shape index (κ3) is 8.15. The van der Waals surface area contributed by atoms with Gasteiger partial charge in [-0.3, -0.25) is 0 Å². The molecule has 0 aliphatic rings. The van der Waals surface area contributed by atoms with Gasteiger partial charge in [-0.05, 0) is 13.3 Å². The lowest BCUT2D eigenvalue weighted by atomic mass is 10.0. The summed E-state index contributed by atoms with van der Waals surface area (Å²) in [6, 6.07) is 0. The van der Waals surface area contributed by atoms with Gasteiger partial charge in [-0.1, -0.05) is 11.6 Å². The van der Waals surface area contributed by atoms with Crippen molar-refractivity contribution in [3.05, 3.63) is 0 Å². The minimum Gasteiger partial charge on any atom is -0.496 e. The quantitative estimate of drug-likeness (QED) is 0.565. The van der Waals surface area contributed by atoms with Crippen molar-refractivity contribution in [2.75, 3.05) is 27.9 Å². The van der Waals surface area contributed by atoms with Crippen LogP contribution in [0.5, 0.6) is 0 Å². The second kappa shape index (κ2) is 10.3. The lowest BCUT2D eigenvalue weighted by Crippen LogP contribution is -2.37. The van der Waals surface area contributed by atoms with E-state index < -0.39 is 14.5 Å². The van der Waals surface area contributed by atoms with Crippen molar-refractivity contribution in [1.82, 2.24) is 0 Å². The normalized spacial score (nSPS) is 16.6. The third-order valence-electron chi connectivity index (χ3n) is 2.74. The highest BCUT2D eigenvalue weighted by molar-refractivity contribution is 6.48. The summed E-state index contributed by atoms with van der Waals surface area (Å²) in [5.74, 6) is 4.35. The molecule has 0 fully saturated rings.